The van der Waals surface area contributed by atoms with E-state index in [4.69, 9.17) is 5.73 Å². The van der Waals surface area contributed by atoms with Crippen LogP contribution in [0.1, 0.15) is 41.7 Å². The van der Waals surface area contributed by atoms with Gasteiger partial charge in [-0.2, -0.15) is 0 Å². The summed E-state index contributed by atoms with van der Waals surface area (Å²) in [4.78, 5) is 6.70. The molecule has 0 spiro atoms. The fourth-order valence-electron chi connectivity index (χ4n) is 5.17. The lowest BCUT2D eigenvalue weighted by molar-refractivity contribution is 0.132. The quantitative estimate of drug-likeness (QED) is 0.545. The van der Waals surface area contributed by atoms with Crippen LogP contribution in [0.2, 0.25) is 0 Å². The standard InChI is InChI=1S/C27H31FN4O/c28-10-13-32-12-1-2-22(17-32)18-3-5-19(6-4-18)23-15-25(26(29)31-16-23)20-7-8-24-21(14-20)9-11-30-27(24)33/h3-8,14-16,22,27,30,33H,1-2,9-13,17H2,(H2,29,31). The zero-order valence-electron chi connectivity index (χ0n) is 18.8. The Morgan fingerprint density at radius 1 is 1.09 bits per heavy atom. The van der Waals surface area contributed by atoms with E-state index in [9.17, 15) is 9.50 Å². The van der Waals surface area contributed by atoms with E-state index in [0.717, 1.165) is 72.3 Å². The Balaban J connectivity index is 1.39. The molecule has 2 aliphatic rings. The molecule has 0 aliphatic carbocycles. The molecule has 2 unspecified atom stereocenters. The van der Waals surface area contributed by atoms with Gasteiger partial charge in [0.2, 0.25) is 0 Å². The number of nitrogens with zero attached hydrogens (tertiary/aromatic N) is 2. The maximum atomic E-state index is 12.8. The molecule has 1 saturated heterocycles. The molecule has 1 fully saturated rings. The van der Waals surface area contributed by atoms with Crippen LogP contribution in [0.25, 0.3) is 22.3 Å². The first-order valence-electron chi connectivity index (χ1n) is 11.8. The summed E-state index contributed by atoms with van der Waals surface area (Å²) in [6, 6.07) is 16.9. The molecule has 0 saturated carbocycles. The van der Waals surface area contributed by atoms with Crippen LogP contribution in [-0.2, 0) is 6.42 Å². The highest BCUT2D eigenvalue weighted by Gasteiger charge is 2.21. The lowest BCUT2D eigenvalue weighted by atomic mass is 9.89. The summed E-state index contributed by atoms with van der Waals surface area (Å²) in [6.45, 7) is 2.94. The number of aliphatic hydroxyl groups excluding tert-OH is 1. The number of benzene rings is 2. The number of nitrogens with one attached hydrogen (secondary N) is 1. The van der Waals surface area contributed by atoms with E-state index in [1.165, 1.54) is 5.56 Å². The van der Waals surface area contributed by atoms with E-state index in [2.05, 4.69) is 51.6 Å². The van der Waals surface area contributed by atoms with Crippen LogP contribution < -0.4 is 11.1 Å². The van der Waals surface area contributed by atoms with Crippen molar-refractivity contribution in [1.29, 1.82) is 0 Å². The predicted octanol–water partition coefficient (Wildman–Crippen LogP) is 4.28. The third-order valence-electron chi connectivity index (χ3n) is 7.02. The molecule has 5 rings (SSSR count). The molecule has 2 aromatic carbocycles. The normalized spacial score (nSPS) is 21.0. The highest BCUT2D eigenvalue weighted by Crippen LogP contribution is 2.34. The van der Waals surface area contributed by atoms with Gasteiger partial charge in [-0.1, -0.05) is 42.5 Å². The van der Waals surface area contributed by atoms with Crippen molar-refractivity contribution < 1.29 is 9.50 Å². The lowest BCUT2D eigenvalue weighted by Crippen LogP contribution is -2.35. The summed E-state index contributed by atoms with van der Waals surface area (Å²) >= 11 is 0. The number of nitrogen functional groups attached to an aromatic ring is 1. The molecule has 172 valence electrons. The number of hydrogen-bond donors (Lipinski definition) is 3. The Hall–Kier alpha value is -2.80. The molecular weight excluding hydrogens is 415 g/mol. The van der Waals surface area contributed by atoms with Crippen LogP contribution in [0.3, 0.4) is 0 Å². The van der Waals surface area contributed by atoms with E-state index in [-0.39, 0.29) is 6.67 Å². The van der Waals surface area contributed by atoms with Gasteiger partial charge in [0, 0.05) is 37.0 Å². The molecule has 2 atom stereocenters. The van der Waals surface area contributed by atoms with Gasteiger partial charge in [-0.25, -0.2) is 9.37 Å². The van der Waals surface area contributed by atoms with Gasteiger partial charge in [0.15, 0.2) is 0 Å². The summed E-state index contributed by atoms with van der Waals surface area (Å²) in [7, 11) is 0. The maximum Gasteiger partial charge on any atom is 0.131 e. The Morgan fingerprint density at radius 3 is 2.73 bits per heavy atom. The van der Waals surface area contributed by atoms with Gasteiger partial charge >= 0.3 is 0 Å². The Bertz CT molecular complexity index is 1120. The average molecular weight is 447 g/mol. The fourth-order valence-corrected chi connectivity index (χ4v) is 5.17. The molecule has 0 amide bonds. The second-order valence-corrected chi connectivity index (χ2v) is 9.13. The number of halogens is 1. The van der Waals surface area contributed by atoms with Gasteiger partial charge in [-0.3, -0.25) is 5.32 Å². The van der Waals surface area contributed by atoms with Crippen molar-refractivity contribution in [2.75, 3.05) is 38.6 Å². The topological polar surface area (TPSA) is 74.4 Å². The van der Waals surface area contributed by atoms with Gasteiger partial charge in [-0.15, -0.1) is 0 Å². The minimum atomic E-state index is -0.615. The molecule has 5 nitrogen and oxygen atoms in total. The second kappa shape index (κ2) is 9.59. The molecule has 4 N–H and O–H groups in total. The number of aliphatic hydroxyl groups is 1. The Labute approximate surface area is 194 Å². The van der Waals surface area contributed by atoms with E-state index in [1.54, 1.807) is 0 Å². The molecule has 2 aliphatic heterocycles. The number of rotatable bonds is 5. The van der Waals surface area contributed by atoms with E-state index < -0.39 is 6.23 Å². The minimum Gasteiger partial charge on any atom is -0.383 e. The van der Waals surface area contributed by atoms with Crippen LogP contribution in [0.5, 0.6) is 0 Å². The molecule has 3 heterocycles. The monoisotopic (exact) mass is 446 g/mol. The fraction of sp³-hybridized carbons (Fsp3) is 0.370. The number of nitrogens with two attached hydrogens (primary N) is 1. The largest absolute Gasteiger partial charge is 0.383 e. The first-order valence-corrected chi connectivity index (χ1v) is 11.8. The van der Waals surface area contributed by atoms with E-state index >= 15 is 0 Å². The number of aromatic nitrogens is 1. The Morgan fingerprint density at radius 2 is 1.91 bits per heavy atom. The van der Waals surface area contributed by atoms with Crippen LogP contribution >= 0.6 is 0 Å². The van der Waals surface area contributed by atoms with Crippen molar-refractivity contribution in [3.8, 4) is 22.3 Å². The van der Waals surface area contributed by atoms with Crippen molar-refractivity contribution in [3.63, 3.8) is 0 Å². The van der Waals surface area contributed by atoms with Crippen LogP contribution in [-0.4, -0.2) is 47.8 Å². The van der Waals surface area contributed by atoms with Crippen LogP contribution in [0.15, 0.2) is 54.7 Å². The zero-order valence-corrected chi connectivity index (χ0v) is 18.8. The molecule has 33 heavy (non-hydrogen) atoms. The maximum absolute atomic E-state index is 12.8. The Kier molecular flexibility index (Phi) is 6.40. The zero-order chi connectivity index (χ0) is 22.8. The number of fused-ring (bicyclic) bond motifs is 1. The summed E-state index contributed by atoms with van der Waals surface area (Å²) in [5, 5.41) is 13.2. The molecule has 0 bridgehead atoms. The lowest BCUT2D eigenvalue weighted by Gasteiger charge is -2.32. The smallest absolute Gasteiger partial charge is 0.131 e. The molecule has 1 aromatic heterocycles. The highest BCUT2D eigenvalue weighted by atomic mass is 19.1. The first kappa shape index (κ1) is 22.0. The van der Waals surface area contributed by atoms with Crippen molar-refractivity contribution in [3.05, 3.63) is 71.4 Å². The number of alkyl halides is 1. The highest BCUT2D eigenvalue weighted by molar-refractivity contribution is 5.79. The summed E-state index contributed by atoms with van der Waals surface area (Å²) in [5.41, 5.74) is 13.7. The van der Waals surface area contributed by atoms with Gasteiger partial charge in [-0.05, 0) is 65.6 Å². The van der Waals surface area contributed by atoms with Crippen LogP contribution in [0.4, 0.5) is 10.2 Å². The summed E-state index contributed by atoms with van der Waals surface area (Å²) < 4.78 is 12.8. The van der Waals surface area contributed by atoms with E-state index in [0.29, 0.717) is 18.3 Å². The molecule has 0 radical (unpaired) electrons. The van der Waals surface area contributed by atoms with E-state index in [1.807, 2.05) is 18.3 Å². The molecule has 6 heteroatoms. The number of pyridine rings is 1. The van der Waals surface area contributed by atoms with Crippen molar-refractivity contribution in [2.45, 2.75) is 31.4 Å². The molecule has 3 aromatic rings. The molecular formula is C27H31FN4O. The van der Waals surface area contributed by atoms with Crippen molar-refractivity contribution in [1.82, 2.24) is 15.2 Å². The van der Waals surface area contributed by atoms with Gasteiger partial charge in [0.25, 0.3) is 0 Å². The average Bonchev–Trinajstić information content (AvgIpc) is 2.85. The SMILES string of the molecule is Nc1ncc(-c2ccc(C3CCCN(CCF)C3)cc2)cc1-c1ccc2c(c1)CCNC2O. The number of likely N-dealkylation sites (tertiary alicyclic amines) is 1. The number of anilines is 1. The summed E-state index contributed by atoms with van der Waals surface area (Å²) in [5.74, 6) is 0.958. The van der Waals surface area contributed by atoms with Gasteiger partial charge in [0.05, 0.1) is 0 Å². The second-order valence-electron chi connectivity index (χ2n) is 9.13. The van der Waals surface area contributed by atoms with Crippen molar-refractivity contribution >= 4 is 5.82 Å². The van der Waals surface area contributed by atoms with Gasteiger partial charge in [0.1, 0.15) is 18.7 Å². The summed E-state index contributed by atoms with van der Waals surface area (Å²) in [6.07, 6.45) is 4.35. The van der Waals surface area contributed by atoms with Crippen molar-refractivity contribution in [2.24, 2.45) is 0 Å². The van der Waals surface area contributed by atoms with Gasteiger partial charge < -0.3 is 15.7 Å². The third kappa shape index (κ3) is 4.64. The number of piperidine rings is 1. The third-order valence-corrected chi connectivity index (χ3v) is 7.02. The van der Waals surface area contributed by atoms with Crippen LogP contribution in [0, 0.1) is 0 Å². The first-order chi connectivity index (χ1) is 16.1. The minimum absolute atomic E-state index is 0.278. The number of hydrogen-bond acceptors (Lipinski definition) is 5. The predicted molar refractivity (Wildman–Crippen MR) is 131 cm³/mol.